The molecule has 1 atom stereocenters. The van der Waals surface area contributed by atoms with E-state index in [0.717, 1.165) is 0 Å². The lowest BCUT2D eigenvalue weighted by molar-refractivity contribution is 0.644. The van der Waals surface area contributed by atoms with Gasteiger partial charge in [-0.25, -0.2) is 0 Å². The van der Waals surface area contributed by atoms with Gasteiger partial charge in [-0.15, -0.1) is 0 Å². The van der Waals surface area contributed by atoms with Gasteiger partial charge < -0.3 is 0 Å². The molecule has 0 aliphatic heterocycles. The molecule has 0 aliphatic rings. The van der Waals surface area contributed by atoms with Gasteiger partial charge in [-0.05, 0) is 34.7 Å². The molecule has 1 heteroatoms. The van der Waals surface area contributed by atoms with E-state index in [0.29, 0.717) is 10.7 Å². The zero-order chi connectivity index (χ0) is 11.7. The van der Waals surface area contributed by atoms with Crippen LogP contribution in [0.15, 0.2) is 36.4 Å². The molecule has 0 spiro atoms. The first-order chi connectivity index (χ1) is 7.61. The van der Waals surface area contributed by atoms with Crippen molar-refractivity contribution < 1.29 is 0 Å². The minimum absolute atomic E-state index is 0.429. The summed E-state index contributed by atoms with van der Waals surface area (Å²) in [5.41, 5.74) is 2.75. The Morgan fingerprint density at radius 2 is 1.56 bits per heavy atom. The van der Waals surface area contributed by atoms with Crippen molar-refractivity contribution in [2.75, 3.05) is 0 Å². The Bertz CT molecular complexity index is 500. The maximum Gasteiger partial charge on any atom is 0.0424 e. The third-order valence-corrected chi connectivity index (χ3v) is 4.61. The summed E-state index contributed by atoms with van der Waals surface area (Å²) in [6.45, 7) is 6.66. The molecular weight excluding hydrogens is 260 g/mol. The maximum atomic E-state index is 3.80. The van der Waals surface area contributed by atoms with Crippen molar-refractivity contribution in [3.05, 3.63) is 47.5 Å². The smallest absolute Gasteiger partial charge is 0.0424 e. The predicted octanol–water partition coefficient (Wildman–Crippen LogP) is 5.24. The largest absolute Gasteiger partial charge is 0.0836 e. The highest BCUT2D eigenvalue weighted by atomic mass is 79.9. The molecule has 0 aromatic heterocycles. The molecular formula is C15H17Br. The summed E-state index contributed by atoms with van der Waals surface area (Å²) in [7, 11) is 0. The highest BCUT2D eigenvalue weighted by Crippen LogP contribution is 2.36. The number of fused-ring (bicyclic) bond motifs is 1. The van der Waals surface area contributed by atoms with E-state index in [2.05, 4.69) is 73.1 Å². The highest BCUT2D eigenvalue weighted by Gasteiger charge is 2.14. The number of alkyl halides is 1. The lowest BCUT2D eigenvalue weighted by atomic mass is 9.94. The van der Waals surface area contributed by atoms with E-state index < -0.39 is 0 Å². The number of hydrogen-bond acceptors (Lipinski definition) is 0. The Labute approximate surface area is 106 Å². The van der Waals surface area contributed by atoms with E-state index in [4.69, 9.17) is 0 Å². The fourth-order valence-corrected chi connectivity index (χ4v) is 2.47. The van der Waals surface area contributed by atoms with Gasteiger partial charge in [0.1, 0.15) is 0 Å². The minimum atomic E-state index is 0.429. The first kappa shape index (κ1) is 11.7. The molecule has 0 saturated heterocycles. The quantitative estimate of drug-likeness (QED) is 0.658. The zero-order valence-corrected chi connectivity index (χ0v) is 11.6. The molecule has 0 heterocycles. The Balaban J connectivity index is 2.67. The van der Waals surface area contributed by atoms with Gasteiger partial charge in [0.2, 0.25) is 0 Å². The maximum absolute atomic E-state index is 3.80. The molecule has 0 saturated carbocycles. The molecule has 0 N–H and O–H groups in total. The van der Waals surface area contributed by atoms with Crippen LogP contribution in [0.25, 0.3) is 10.8 Å². The SMILES string of the molecule is Cc1ccc(C(Br)C(C)C)c2ccccc12. The summed E-state index contributed by atoms with van der Waals surface area (Å²) >= 11 is 3.80. The molecule has 0 radical (unpaired) electrons. The van der Waals surface area contributed by atoms with E-state index in [9.17, 15) is 0 Å². The summed E-state index contributed by atoms with van der Waals surface area (Å²) in [4.78, 5) is 0.429. The Morgan fingerprint density at radius 1 is 0.938 bits per heavy atom. The highest BCUT2D eigenvalue weighted by molar-refractivity contribution is 9.09. The van der Waals surface area contributed by atoms with Crippen molar-refractivity contribution in [3.8, 4) is 0 Å². The minimum Gasteiger partial charge on any atom is -0.0836 e. The molecule has 0 fully saturated rings. The average Bonchev–Trinajstić information content (AvgIpc) is 2.29. The first-order valence-electron chi connectivity index (χ1n) is 5.73. The number of aryl methyl sites for hydroxylation is 1. The van der Waals surface area contributed by atoms with E-state index in [1.165, 1.54) is 21.9 Å². The summed E-state index contributed by atoms with van der Waals surface area (Å²) in [6, 6.07) is 13.1. The van der Waals surface area contributed by atoms with Crippen LogP contribution in [0.5, 0.6) is 0 Å². The fourth-order valence-electron chi connectivity index (χ4n) is 2.07. The molecule has 1 unspecified atom stereocenters. The van der Waals surface area contributed by atoms with E-state index in [-0.39, 0.29) is 0 Å². The molecule has 84 valence electrons. The van der Waals surface area contributed by atoms with Crippen LogP contribution in [0.2, 0.25) is 0 Å². The average molecular weight is 277 g/mol. The van der Waals surface area contributed by atoms with E-state index in [1.807, 2.05) is 0 Å². The van der Waals surface area contributed by atoms with Gasteiger partial charge in [0, 0.05) is 4.83 Å². The van der Waals surface area contributed by atoms with Gasteiger partial charge in [-0.1, -0.05) is 66.2 Å². The van der Waals surface area contributed by atoms with Crippen molar-refractivity contribution in [1.82, 2.24) is 0 Å². The fraction of sp³-hybridized carbons (Fsp3) is 0.333. The summed E-state index contributed by atoms with van der Waals surface area (Å²) < 4.78 is 0. The third-order valence-electron chi connectivity index (χ3n) is 3.06. The Kier molecular flexibility index (Phi) is 3.34. The summed E-state index contributed by atoms with van der Waals surface area (Å²) in [6.07, 6.45) is 0. The number of benzene rings is 2. The second-order valence-corrected chi connectivity index (χ2v) is 5.65. The molecule has 16 heavy (non-hydrogen) atoms. The van der Waals surface area contributed by atoms with Gasteiger partial charge in [-0.3, -0.25) is 0 Å². The Hall–Kier alpha value is -0.820. The second-order valence-electron chi connectivity index (χ2n) is 4.66. The molecule has 0 aliphatic carbocycles. The lowest BCUT2D eigenvalue weighted by Crippen LogP contribution is -2.00. The Morgan fingerprint density at radius 3 is 2.19 bits per heavy atom. The molecule has 2 aromatic rings. The standard InChI is InChI=1S/C15H17Br/c1-10(2)15(16)14-9-8-11(3)12-6-4-5-7-13(12)14/h4-10,15H,1-3H3. The molecule has 0 amide bonds. The van der Waals surface area contributed by atoms with Gasteiger partial charge in [-0.2, -0.15) is 0 Å². The van der Waals surface area contributed by atoms with Crippen molar-refractivity contribution in [3.63, 3.8) is 0 Å². The van der Waals surface area contributed by atoms with Crippen LogP contribution in [0.4, 0.5) is 0 Å². The predicted molar refractivity (Wildman–Crippen MR) is 75.2 cm³/mol. The summed E-state index contributed by atoms with van der Waals surface area (Å²) in [5, 5.41) is 2.74. The molecule has 2 aromatic carbocycles. The number of rotatable bonds is 2. The normalized spacial score (nSPS) is 13.3. The summed E-state index contributed by atoms with van der Waals surface area (Å²) in [5.74, 6) is 0.603. The van der Waals surface area contributed by atoms with Crippen LogP contribution < -0.4 is 0 Å². The molecule has 0 nitrogen and oxygen atoms in total. The van der Waals surface area contributed by atoms with Gasteiger partial charge in [0.15, 0.2) is 0 Å². The monoisotopic (exact) mass is 276 g/mol. The zero-order valence-electron chi connectivity index (χ0n) is 10.00. The van der Waals surface area contributed by atoms with Crippen LogP contribution in [0.3, 0.4) is 0 Å². The van der Waals surface area contributed by atoms with Crippen LogP contribution in [0, 0.1) is 12.8 Å². The van der Waals surface area contributed by atoms with Gasteiger partial charge >= 0.3 is 0 Å². The van der Waals surface area contributed by atoms with Crippen molar-refractivity contribution >= 4 is 26.7 Å². The number of hydrogen-bond donors (Lipinski definition) is 0. The van der Waals surface area contributed by atoms with Crippen LogP contribution >= 0.6 is 15.9 Å². The lowest BCUT2D eigenvalue weighted by Gasteiger charge is -2.17. The van der Waals surface area contributed by atoms with Gasteiger partial charge in [0.25, 0.3) is 0 Å². The van der Waals surface area contributed by atoms with Gasteiger partial charge in [0.05, 0.1) is 0 Å². The molecule has 0 bridgehead atoms. The van der Waals surface area contributed by atoms with Crippen LogP contribution in [-0.4, -0.2) is 0 Å². The third kappa shape index (κ3) is 2.01. The van der Waals surface area contributed by atoms with Crippen LogP contribution in [-0.2, 0) is 0 Å². The van der Waals surface area contributed by atoms with E-state index >= 15 is 0 Å². The van der Waals surface area contributed by atoms with Crippen molar-refractivity contribution in [2.24, 2.45) is 5.92 Å². The van der Waals surface area contributed by atoms with Crippen molar-refractivity contribution in [1.29, 1.82) is 0 Å². The first-order valence-corrected chi connectivity index (χ1v) is 6.65. The number of halogens is 1. The van der Waals surface area contributed by atoms with E-state index in [1.54, 1.807) is 0 Å². The second kappa shape index (κ2) is 4.58. The molecule has 2 rings (SSSR count). The van der Waals surface area contributed by atoms with Crippen LogP contribution in [0.1, 0.15) is 29.8 Å². The van der Waals surface area contributed by atoms with Crippen molar-refractivity contribution in [2.45, 2.75) is 25.6 Å². The topological polar surface area (TPSA) is 0 Å².